The molecule has 10 heterocycles. The van der Waals surface area contributed by atoms with Crippen LogP contribution >= 0.6 is 0 Å². The summed E-state index contributed by atoms with van der Waals surface area (Å²) in [6, 6.07) is 22.8. The SMILES string of the molecule is CC(=O)OC[C@H]1O[C@@H](OCc2cn(CCOCCOCCOCCOc3ccc4c(c3)-c3nc-4nc4[nH]c(nc5nc(nc6[nH]c(n3)c3ccc(OCC7COC(C)(C)O7)cc63)-c3ccc(OCC6COC(C)(C)O6)cc3-5)c3ccc(OCC5COC(C)(C)O5)cc43)nn2)[C@H](OC(C)=O)[C@@H](OC(C)=O)[C@@H]1OC(C)=O. The van der Waals surface area contributed by atoms with Gasteiger partial charge < -0.3 is 100.0 Å². The van der Waals surface area contributed by atoms with Gasteiger partial charge in [0.2, 0.25) is 0 Å². The standard InChI is InChI=1S/C75H85N11O23/c1-40(87)95-39-60-61(103-41(2)88)62(104-42(3)89)63(105-43(4)90)72(106-60)99-32-44-31-86(85-84-44)19-20-91-21-22-92-23-24-93-25-26-94-45-11-15-52-56(27-45)68-76-64(52)78-69-58-29-47(97-34-50-37-101-74(7,8)108-50)13-17-54(58)66(80-69)82-71-59-30-48(98-35-51-38-102-75(9,10)109-51)14-18-55(59)67(83-71)81-70-57-28-46(12-16-53(57)65(77-68)79-70)96-33-49-36-100-73(5,6)107-49/h11-18,27-31,49-51,60-63,72H,19-26,32-39H2,1-10H3,(H2,76,77,78,79,80,81,82,83)/t49?,50?,51?,60-,61-,62+,63-,72-/m1/s1. The lowest BCUT2D eigenvalue weighted by Gasteiger charge is -2.43. The number of carbonyl (C=O) groups is 4. The Morgan fingerprint density at radius 3 is 1.35 bits per heavy atom. The second-order valence-electron chi connectivity index (χ2n) is 27.8. The Hall–Kier alpha value is -9.98. The molecule has 0 aliphatic carbocycles. The number of rotatable bonds is 30. The number of aromatic nitrogens is 11. The highest BCUT2D eigenvalue weighted by Crippen LogP contribution is 2.42. The minimum absolute atomic E-state index is 0.201. The molecule has 3 unspecified atom stereocenters. The quantitative estimate of drug-likeness (QED) is 0.0246. The van der Waals surface area contributed by atoms with Crippen LogP contribution in [-0.2, 0) is 103 Å². The molecule has 0 saturated carbocycles. The number of carbonyl (C=O) groups excluding carboxylic acids is 4. The molecule has 109 heavy (non-hydrogen) atoms. The van der Waals surface area contributed by atoms with Crippen molar-refractivity contribution in [2.75, 3.05) is 92.5 Å². The maximum absolute atomic E-state index is 12.2. The van der Waals surface area contributed by atoms with Crippen molar-refractivity contribution in [1.82, 2.24) is 54.9 Å². The molecule has 8 bridgehead atoms. The van der Waals surface area contributed by atoms with E-state index < -0.39 is 78.6 Å². The summed E-state index contributed by atoms with van der Waals surface area (Å²) in [4.78, 5) is 86.9. The highest BCUT2D eigenvalue weighted by molar-refractivity contribution is 6.07. The molecule has 34 nitrogen and oxygen atoms in total. The van der Waals surface area contributed by atoms with Crippen molar-refractivity contribution >= 4 is 68.0 Å². The smallest absolute Gasteiger partial charge is 0.303 e. The number of hydrogen-bond donors (Lipinski definition) is 2. The van der Waals surface area contributed by atoms with Gasteiger partial charge in [-0.25, -0.2) is 34.6 Å². The number of aromatic amines is 2. The third-order valence-electron chi connectivity index (χ3n) is 17.9. The van der Waals surface area contributed by atoms with Gasteiger partial charge >= 0.3 is 23.9 Å². The molecule has 578 valence electrons. The molecule has 6 aliphatic heterocycles. The van der Waals surface area contributed by atoms with Crippen LogP contribution in [0.15, 0.2) is 79.0 Å². The molecule has 34 heteroatoms. The largest absolute Gasteiger partial charge is 0.491 e. The second kappa shape index (κ2) is 32.7. The Kier molecular flexibility index (Phi) is 22.7. The highest BCUT2D eigenvalue weighted by Gasteiger charge is 2.53. The fraction of sp³-hybridized carbons (Fsp3) is 0.493. The van der Waals surface area contributed by atoms with Crippen molar-refractivity contribution in [2.45, 2.75) is 149 Å². The zero-order valence-corrected chi connectivity index (χ0v) is 61.9. The minimum atomic E-state index is -1.39. The number of ether oxygens (including phenoxy) is 19. The van der Waals surface area contributed by atoms with Gasteiger partial charge in [0.15, 0.2) is 65.3 Å². The van der Waals surface area contributed by atoms with Gasteiger partial charge in [-0.1, -0.05) is 5.21 Å². The van der Waals surface area contributed by atoms with Crippen molar-refractivity contribution in [2.24, 2.45) is 0 Å². The van der Waals surface area contributed by atoms with E-state index in [2.05, 4.69) is 20.3 Å². The Morgan fingerprint density at radius 1 is 0.459 bits per heavy atom. The van der Waals surface area contributed by atoms with Gasteiger partial charge in [-0.05, 0) is 114 Å². The lowest BCUT2D eigenvalue weighted by Crippen LogP contribution is -2.62. The lowest BCUT2D eigenvalue weighted by atomic mass is 9.98. The molecule has 14 rings (SSSR count). The number of fused-ring (bicyclic) bond motifs is 20. The maximum Gasteiger partial charge on any atom is 0.303 e. The van der Waals surface area contributed by atoms with Crippen LogP contribution in [0.25, 0.3) is 89.7 Å². The third-order valence-corrected chi connectivity index (χ3v) is 17.9. The van der Waals surface area contributed by atoms with E-state index in [-0.39, 0.29) is 77.8 Å². The topological polar surface area (TPSA) is 383 Å². The van der Waals surface area contributed by atoms with Gasteiger partial charge in [-0.15, -0.1) is 5.10 Å². The number of nitrogens with zero attached hydrogens (tertiary/aromatic N) is 9. The van der Waals surface area contributed by atoms with Crippen molar-refractivity contribution in [3.8, 4) is 68.5 Å². The summed E-state index contributed by atoms with van der Waals surface area (Å²) in [7, 11) is 0. The van der Waals surface area contributed by atoms with Crippen LogP contribution in [0.2, 0.25) is 0 Å². The fourth-order valence-electron chi connectivity index (χ4n) is 13.1. The Balaban J connectivity index is 0.654. The second-order valence-corrected chi connectivity index (χ2v) is 27.8. The van der Waals surface area contributed by atoms with Gasteiger partial charge in [0, 0.05) is 71.5 Å². The summed E-state index contributed by atoms with van der Waals surface area (Å²) in [6.45, 7) is 19.4. The first-order valence-electron chi connectivity index (χ1n) is 35.8. The highest BCUT2D eigenvalue weighted by atomic mass is 16.8. The number of nitrogens with one attached hydrogen (secondary N) is 2. The molecule has 4 saturated heterocycles. The predicted octanol–water partition coefficient (Wildman–Crippen LogP) is 7.78. The van der Waals surface area contributed by atoms with E-state index in [1.165, 1.54) is 6.92 Å². The number of H-pyrrole nitrogens is 2. The number of benzene rings is 4. The maximum atomic E-state index is 12.2. The molecule has 8 atom stereocenters. The first-order chi connectivity index (χ1) is 52.4. The van der Waals surface area contributed by atoms with Crippen LogP contribution in [0.1, 0.15) is 74.9 Å². The van der Waals surface area contributed by atoms with Crippen molar-refractivity contribution in [3.05, 3.63) is 84.7 Å². The van der Waals surface area contributed by atoms with E-state index in [1.807, 2.05) is 114 Å². The van der Waals surface area contributed by atoms with Gasteiger partial charge in [0.1, 0.15) is 109 Å². The summed E-state index contributed by atoms with van der Waals surface area (Å²) >= 11 is 0. The van der Waals surface area contributed by atoms with Gasteiger partial charge in [0.25, 0.3) is 0 Å². The summed E-state index contributed by atoms with van der Waals surface area (Å²) in [5, 5.41) is 11.1. The molecule has 0 spiro atoms. The molecule has 4 aromatic carbocycles. The molecule has 8 aromatic rings. The van der Waals surface area contributed by atoms with Crippen LogP contribution < -0.4 is 18.9 Å². The summed E-state index contributed by atoms with van der Waals surface area (Å²) in [6.07, 6.45) is -5.87. The fourth-order valence-corrected chi connectivity index (χ4v) is 13.1. The van der Waals surface area contributed by atoms with E-state index in [9.17, 15) is 19.2 Å². The van der Waals surface area contributed by atoms with Crippen molar-refractivity contribution < 1.29 is 109 Å². The molecule has 6 aliphatic rings. The van der Waals surface area contributed by atoms with Crippen LogP contribution in [0, 0.1) is 0 Å². The normalized spacial score (nSPS) is 21.6. The van der Waals surface area contributed by atoms with Crippen molar-refractivity contribution in [3.63, 3.8) is 0 Å². The van der Waals surface area contributed by atoms with E-state index in [1.54, 1.807) is 10.9 Å². The van der Waals surface area contributed by atoms with Gasteiger partial charge in [0.05, 0.1) is 78.8 Å². The van der Waals surface area contributed by atoms with Crippen molar-refractivity contribution in [1.29, 1.82) is 0 Å². The molecule has 0 amide bonds. The average molecular weight is 1510 g/mol. The van der Waals surface area contributed by atoms with E-state index in [0.717, 1.165) is 31.5 Å². The van der Waals surface area contributed by atoms with E-state index >= 15 is 0 Å². The van der Waals surface area contributed by atoms with E-state index in [4.69, 9.17) is 120 Å². The van der Waals surface area contributed by atoms with E-state index in [0.29, 0.717) is 147 Å². The first-order valence-corrected chi connectivity index (χ1v) is 35.8. The molecular formula is C75H85N11O23. The Bertz CT molecular complexity index is 4820. The number of hydrogen-bond acceptors (Lipinski definition) is 31. The van der Waals surface area contributed by atoms with Crippen LogP contribution in [0.4, 0.5) is 0 Å². The first kappa shape index (κ1) is 75.8. The average Bonchev–Trinajstić information content (AvgIpc) is 1.60. The van der Waals surface area contributed by atoms with Gasteiger partial charge in [-0.2, -0.15) is 0 Å². The molecular weight excluding hydrogens is 1420 g/mol. The Labute approximate surface area is 624 Å². The zero-order chi connectivity index (χ0) is 76.1. The van der Waals surface area contributed by atoms with Crippen LogP contribution in [0.3, 0.4) is 0 Å². The number of esters is 4. The summed E-state index contributed by atoms with van der Waals surface area (Å²) in [5.74, 6) is -1.37. The minimum Gasteiger partial charge on any atom is -0.491 e. The summed E-state index contributed by atoms with van der Waals surface area (Å²) in [5.41, 5.74) is 4.89. The summed E-state index contributed by atoms with van der Waals surface area (Å²) < 4.78 is 114. The molecule has 4 aromatic heterocycles. The Morgan fingerprint density at radius 2 is 0.881 bits per heavy atom. The molecule has 2 N–H and O–H groups in total. The predicted molar refractivity (Wildman–Crippen MR) is 382 cm³/mol. The third kappa shape index (κ3) is 18.7. The zero-order valence-electron chi connectivity index (χ0n) is 61.9. The van der Waals surface area contributed by atoms with Crippen LogP contribution in [-0.4, -0.2) is 238 Å². The molecule has 0 radical (unpaired) electrons. The lowest BCUT2D eigenvalue weighted by molar-refractivity contribution is -0.310. The monoisotopic (exact) mass is 1510 g/mol. The van der Waals surface area contributed by atoms with Gasteiger partial charge in [-0.3, -0.25) is 19.2 Å². The molecule has 4 fully saturated rings. The van der Waals surface area contributed by atoms with Crippen LogP contribution in [0.5, 0.6) is 23.0 Å².